The molecule has 10 heteroatoms. The number of benzene rings is 2. The highest BCUT2D eigenvalue weighted by Gasteiger charge is 2.09. The molecule has 6 nitrogen and oxygen atoms in total. The van der Waals surface area contributed by atoms with Crippen LogP contribution in [0.1, 0.15) is 6.42 Å². The molecule has 0 heterocycles. The van der Waals surface area contributed by atoms with E-state index in [1.165, 1.54) is 18.2 Å². The van der Waals surface area contributed by atoms with E-state index in [0.29, 0.717) is 33.8 Å². The van der Waals surface area contributed by atoms with Crippen molar-refractivity contribution < 1.29 is 23.8 Å². The monoisotopic (exact) mass is 479 g/mol. The van der Waals surface area contributed by atoms with Gasteiger partial charge in [-0.3, -0.25) is 4.79 Å². The Kier molecular flexibility index (Phi) is 9.84. The molecule has 29 heavy (non-hydrogen) atoms. The van der Waals surface area contributed by atoms with Crippen LogP contribution in [-0.2, 0) is 14.3 Å². The maximum atomic E-state index is 11.8. The smallest absolute Gasteiger partial charge is 0.337 e. The number of hydrogen-bond donors (Lipinski definition) is 1. The van der Waals surface area contributed by atoms with Gasteiger partial charge in [0.05, 0.1) is 10.0 Å². The molecule has 0 unspecified atom stereocenters. The molecule has 2 rings (SSSR count). The number of carbonyl (C=O) groups is 2. The lowest BCUT2D eigenvalue weighted by molar-refractivity contribution is -0.139. The molecule has 1 N–H and O–H groups in total. The van der Waals surface area contributed by atoms with E-state index in [-0.39, 0.29) is 36.5 Å². The highest BCUT2D eigenvalue weighted by atomic mass is 35.5. The van der Waals surface area contributed by atoms with Gasteiger partial charge in [-0.05, 0) is 42.8 Å². The van der Waals surface area contributed by atoms with Crippen LogP contribution >= 0.6 is 46.4 Å². The van der Waals surface area contributed by atoms with Gasteiger partial charge in [0.25, 0.3) is 5.91 Å². The predicted molar refractivity (Wildman–Crippen MR) is 112 cm³/mol. The Hall–Kier alpha value is -1.70. The summed E-state index contributed by atoms with van der Waals surface area (Å²) in [5.74, 6) is -0.328. The van der Waals surface area contributed by atoms with Crippen LogP contribution in [0.5, 0.6) is 11.5 Å². The maximum Gasteiger partial charge on any atom is 0.337 e. The van der Waals surface area contributed by atoms with Crippen molar-refractivity contribution in [3.63, 3.8) is 0 Å². The summed E-state index contributed by atoms with van der Waals surface area (Å²) < 4.78 is 15.6. The Morgan fingerprint density at radius 2 is 1.48 bits per heavy atom. The van der Waals surface area contributed by atoms with Gasteiger partial charge in [0.15, 0.2) is 6.61 Å². The minimum atomic E-state index is -0.591. The van der Waals surface area contributed by atoms with Crippen LogP contribution in [-0.4, -0.2) is 38.2 Å². The van der Waals surface area contributed by atoms with Crippen LogP contribution in [0.3, 0.4) is 0 Å². The predicted octanol–water partition coefficient (Wildman–Crippen LogP) is 4.81. The molecule has 0 spiro atoms. The summed E-state index contributed by atoms with van der Waals surface area (Å²) in [4.78, 5) is 23.5. The maximum absolute atomic E-state index is 11.8. The number of nitrogens with one attached hydrogen (secondary N) is 1. The highest BCUT2D eigenvalue weighted by Crippen LogP contribution is 2.28. The van der Waals surface area contributed by atoms with Crippen molar-refractivity contribution in [1.82, 2.24) is 5.32 Å². The van der Waals surface area contributed by atoms with E-state index >= 15 is 0 Å². The fourth-order valence-corrected chi connectivity index (χ4v) is 2.96. The van der Waals surface area contributed by atoms with Gasteiger partial charge in [0.1, 0.15) is 18.1 Å². The second kappa shape index (κ2) is 12.1. The zero-order chi connectivity index (χ0) is 21.2. The lowest BCUT2D eigenvalue weighted by Crippen LogP contribution is -2.30. The van der Waals surface area contributed by atoms with E-state index in [9.17, 15) is 9.59 Å². The third kappa shape index (κ3) is 8.68. The molecule has 2 aromatic rings. The molecule has 0 aliphatic heterocycles. The second-order valence-corrected chi connectivity index (χ2v) is 7.36. The third-order valence-corrected chi connectivity index (χ3v) is 4.44. The van der Waals surface area contributed by atoms with E-state index in [2.05, 4.69) is 5.32 Å². The van der Waals surface area contributed by atoms with Crippen molar-refractivity contribution in [2.24, 2.45) is 0 Å². The summed E-state index contributed by atoms with van der Waals surface area (Å²) in [5, 5.41) is 4.14. The van der Waals surface area contributed by atoms with E-state index in [1.54, 1.807) is 18.2 Å². The second-order valence-electron chi connectivity index (χ2n) is 5.67. The minimum Gasteiger partial charge on any atom is -0.482 e. The lowest BCUT2D eigenvalue weighted by Gasteiger charge is -2.09. The van der Waals surface area contributed by atoms with Crippen LogP contribution in [0, 0.1) is 0 Å². The first-order chi connectivity index (χ1) is 13.8. The fourth-order valence-electron chi connectivity index (χ4n) is 2.05. The number of rotatable bonds is 10. The van der Waals surface area contributed by atoms with Gasteiger partial charge in [-0.15, -0.1) is 0 Å². The summed E-state index contributed by atoms with van der Waals surface area (Å²) in [7, 11) is 0. The van der Waals surface area contributed by atoms with Gasteiger partial charge in [-0.1, -0.05) is 46.4 Å². The average Bonchev–Trinajstić information content (AvgIpc) is 2.66. The standard InChI is InChI=1S/C19H17Cl4NO5/c20-12-2-4-16(14(22)8-12)28-10-18(25)24-6-1-7-27-11-19(26)29-17-5-3-13(21)9-15(17)23/h2-5,8-9H,1,6-7,10-11H2,(H,24,25). The molecule has 0 aliphatic carbocycles. The molecule has 0 fully saturated rings. The van der Waals surface area contributed by atoms with Gasteiger partial charge in [0.2, 0.25) is 0 Å². The summed E-state index contributed by atoms with van der Waals surface area (Å²) >= 11 is 23.4. The minimum absolute atomic E-state index is 0.184. The van der Waals surface area contributed by atoms with E-state index in [0.717, 1.165) is 0 Å². The van der Waals surface area contributed by atoms with Crippen molar-refractivity contribution in [1.29, 1.82) is 0 Å². The van der Waals surface area contributed by atoms with Gasteiger partial charge < -0.3 is 19.5 Å². The molecule has 0 atom stereocenters. The first kappa shape index (κ1) is 23.6. The molecule has 0 saturated heterocycles. The van der Waals surface area contributed by atoms with Gasteiger partial charge in [0, 0.05) is 23.2 Å². The molecule has 0 aromatic heterocycles. The summed E-state index contributed by atoms with van der Waals surface area (Å²) in [5.41, 5.74) is 0. The summed E-state index contributed by atoms with van der Waals surface area (Å²) in [6.45, 7) is 0.184. The molecule has 0 saturated carbocycles. The topological polar surface area (TPSA) is 73.9 Å². The first-order valence-corrected chi connectivity index (χ1v) is 9.94. The summed E-state index contributed by atoms with van der Waals surface area (Å²) in [6, 6.07) is 9.26. The van der Waals surface area contributed by atoms with E-state index in [4.69, 9.17) is 60.6 Å². The first-order valence-electron chi connectivity index (χ1n) is 8.43. The largest absolute Gasteiger partial charge is 0.482 e. The Morgan fingerprint density at radius 3 is 2.10 bits per heavy atom. The normalized spacial score (nSPS) is 10.5. The number of carbonyl (C=O) groups excluding carboxylic acids is 2. The van der Waals surface area contributed by atoms with E-state index < -0.39 is 5.97 Å². The van der Waals surface area contributed by atoms with E-state index in [1.807, 2.05) is 0 Å². The number of ether oxygens (including phenoxy) is 3. The lowest BCUT2D eigenvalue weighted by atomic mass is 10.3. The molecular formula is C19H17Cl4NO5. The molecule has 156 valence electrons. The van der Waals surface area contributed by atoms with Crippen molar-refractivity contribution >= 4 is 58.3 Å². The Morgan fingerprint density at radius 1 is 0.862 bits per heavy atom. The van der Waals surface area contributed by atoms with Gasteiger partial charge in [-0.2, -0.15) is 0 Å². The van der Waals surface area contributed by atoms with Crippen LogP contribution in [0.4, 0.5) is 0 Å². The number of esters is 1. The Labute approximate surface area is 187 Å². The van der Waals surface area contributed by atoms with Crippen molar-refractivity contribution in [2.45, 2.75) is 6.42 Å². The summed E-state index contributed by atoms with van der Waals surface area (Å²) in [6.07, 6.45) is 0.502. The fraction of sp³-hybridized carbons (Fsp3) is 0.263. The zero-order valence-corrected chi connectivity index (χ0v) is 18.1. The average molecular weight is 481 g/mol. The Balaban J connectivity index is 1.56. The molecule has 0 aliphatic rings. The highest BCUT2D eigenvalue weighted by molar-refractivity contribution is 6.36. The van der Waals surface area contributed by atoms with Crippen LogP contribution < -0.4 is 14.8 Å². The van der Waals surface area contributed by atoms with Crippen LogP contribution in [0.2, 0.25) is 20.1 Å². The SMILES string of the molecule is O=C(COc1ccc(Cl)cc1Cl)NCCCOCC(=O)Oc1ccc(Cl)cc1Cl. The number of halogens is 4. The number of amides is 1. The van der Waals surface area contributed by atoms with Crippen LogP contribution in [0.25, 0.3) is 0 Å². The quantitative estimate of drug-likeness (QED) is 0.300. The van der Waals surface area contributed by atoms with Crippen molar-refractivity contribution in [2.75, 3.05) is 26.4 Å². The van der Waals surface area contributed by atoms with Gasteiger partial charge >= 0.3 is 5.97 Å². The van der Waals surface area contributed by atoms with Crippen LogP contribution in [0.15, 0.2) is 36.4 Å². The van der Waals surface area contributed by atoms with Crippen molar-refractivity contribution in [3.8, 4) is 11.5 Å². The zero-order valence-electron chi connectivity index (χ0n) is 15.1. The molecule has 1 amide bonds. The molecule has 0 bridgehead atoms. The third-order valence-electron chi connectivity index (χ3n) is 3.38. The van der Waals surface area contributed by atoms with Gasteiger partial charge in [-0.25, -0.2) is 4.79 Å². The molecule has 0 radical (unpaired) electrons. The van der Waals surface area contributed by atoms with Crippen molar-refractivity contribution in [3.05, 3.63) is 56.5 Å². The molecular weight excluding hydrogens is 464 g/mol. The number of hydrogen-bond acceptors (Lipinski definition) is 5. The Bertz CT molecular complexity index is 862. The molecule has 2 aromatic carbocycles.